The zero-order valence-corrected chi connectivity index (χ0v) is 6.29. The average Bonchev–Trinajstić information content (AvgIpc) is 2.08. The average molecular weight is 143 g/mol. The molecule has 3 heteroatoms. The summed E-state index contributed by atoms with van der Waals surface area (Å²) in [5, 5.41) is 9.12. The molecule has 0 atom stereocenters. The molecule has 58 valence electrons. The number of aliphatic hydroxyl groups excluding tert-OH is 1. The van der Waals surface area contributed by atoms with Crippen molar-refractivity contribution in [3.8, 4) is 0 Å². The van der Waals surface area contributed by atoms with Crippen LogP contribution in [0, 0.1) is 0 Å². The van der Waals surface area contributed by atoms with E-state index in [1.807, 2.05) is 0 Å². The smallest absolute Gasteiger partial charge is 0.180 e. The van der Waals surface area contributed by atoms with E-state index >= 15 is 0 Å². The third kappa shape index (κ3) is 0.856. The van der Waals surface area contributed by atoms with Gasteiger partial charge >= 0.3 is 0 Å². The molecule has 3 saturated heterocycles. The van der Waals surface area contributed by atoms with Gasteiger partial charge in [0.25, 0.3) is 0 Å². The predicted molar refractivity (Wildman–Crippen MR) is 38.4 cm³/mol. The van der Waals surface area contributed by atoms with Crippen LogP contribution in [0.1, 0.15) is 0 Å². The molecule has 0 aromatic rings. The Morgan fingerprint density at radius 1 is 1.10 bits per heavy atom. The zero-order chi connectivity index (χ0) is 7.03. The van der Waals surface area contributed by atoms with Gasteiger partial charge in [0.15, 0.2) is 6.73 Å². The van der Waals surface area contributed by atoms with Crippen LogP contribution in [0.25, 0.3) is 0 Å². The number of nitrogens with zero attached hydrogens (tertiary/aromatic N) is 2. The van der Waals surface area contributed by atoms with E-state index in [4.69, 9.17) is 5.11 Å². The highest BCUT2D eigenvalue weighted by molar-refractivity contribution is 4.69. The van der Waals surface area contributed by atoms with E-state index in [0.717, 1.165) is 24.1 Å². The summed E-state index contributed by atoms with van der Waals surface area (Å²) in [6.45, 7) is 7.43. The van der Waals surface area contributed by atoms with Gasteiger partial charge in [-0.1, -0.05) is 0 Å². The van der Waals surface area contributed by atoms with E-state index in [1.165, 1.54) is 19.6 Å². The van der Waals surface area contributed by atoms with Crippen molar-refractivity contribution in [2.75, 3.05) is 46.0 Å². The molecule has 0 saturated carbocycles. The minimum Gasteiger partial charge on any atom is -0.347 e. The Labute approximate surface area is 61.4 Å². The molecule has 0 aromatic carbocycles. The number of hydrogen-bond donors (Lipinski definition) is 1. The van der Waals surface area contributed by atoms with Gasteiger partial charge in [-0.25, -0.2) is 0 Å². The first-order valence-corrected chi connectivity index (χ1v) is 4.03. The molecule has 0 unspecified atom stereocenters. The molecule has 10 heavy (non-hydrogen) atoms. The Balaban J connectivity index is 2.08. The summed E-state index contributed by atoms with van der Waals surface area (Å²) in [5.41, 5.74) is 0. The standard InChI is InChI=1S/C7H15N2O/c10-7-9-4-1-8(2-5-9)3-6-9/h10H,1-7H2/q+1. The van der Waals surface area contributed by atoms with Crippen molar-refractivity contribution in [2.24, 2.45) is 0 Å². The zero-order valence-electron chi connectivity index (χ0n) is 6.29. The maximum absolute atomic E-state index is 9.12. The van der Waals surface area contributed by atoms with Crippen LogP contribution in [0.15, 0.2) is 0 Å². The van der Waals surface area contributed by atoms with Gasteiger partial charge in [-0.2, -0.15) is 0 Å². The van der Waals surface area contributed by atoms with Crippen molar-refractivity contribution in [1.29, 1.82) is 0 Å². The Kier molecular flexibility index (Phi) is 1.44. The number of rotatable bonds is 1. The molecule has 0 aliphatic carbocycles. The fraction of sp³-hybridized carbons (Fsp3) is 1.00. The molecular weight excluding hydrogens is 128 g/mol. The summed E-state index contributed by atoms with van der Waals surface area (Å²) in [6, 6.07) is 0. The fourth-order valence-corrected chi connectivity index (χ4v) is 1.94. The first-order valence-electron chi connectivity index (χ1n) is 4.03. The molecule has 3 fully saturated rings. The Morgan fingerprint density at radius 3 is 1.90 bits per heavy atom. The minimum atomic E-state index is 0.355. The Hall–Kier alpha value is -0.120. The molecule has 0 aromatic heterocycles. The maximum atomic E-state index is 9.12. The normalized spacial score (nSPS) is 45.9. The van der Waals surface area contributed by atoms with E-state index in [0.29, 0.717) is 6.73 Å². The molecule has 3 aliphatic rings. The van der Waals surface area contributed by atoms with Gasteiger partial charge in [-0.15, -0.1) is 0 Å². The molecule has 1 N–H and O–H groups in total. The second-order valence-electron chi connectivity index (χ2n) is 3.50. The van der Waals surface area contributed by atoms with Crippen molar-refractivity contribution in [1.82, 2.24) is 4.90 Å². The lowest BCUT2D eigenvalue weighted by molar-refractivity contribution is -0.957. The van der Waals surface area contributed by atoms with Crippen LogP contribution in [-0.4, -0.2) is 60.5 Å². The molecule has 3 aliphatic heterocycles. The van der Waals surface area contributed by atoms with Crippen LogP contribution < -0.4 is 0 Å². The monoisotopic (exact) mass is 143 g/mol. The van der Waals surface area contributed by atoms with Gasteiger partial charge in [0.1, 0.15) is 0 Å². The Bertz CT molecular complexity index is 116. The summed E-state index contributed by atoms with van der Waals surface area (Å²) in [4.78, 5) is 2.48. The number of aliphatic hydroxyl groups is 1. The van der Waals surface area contributed by atoms with Gasteiger partial charge < -0.3 is 5.11 Å². The van der Waals surface area contributed by atoms with E-state index in [9.17, 15) is 0 Å². The van der Waals surface area contributed by atoms with Crippen LogP contribution in [0.2, 0.25) is 0 Å². The first kappa shape index (κ1) is 6.58. The molecular formula is C7H15N2O+. The van der Waals surface area contributed by atoms with Crippen LogP contribution in [0.3, 0.4) is 0 Å². The highest BCUT2D eigenvalue weighted by Gasteiger charge is 2.37. The largest absolute Gasteiger partial charge is 0.347 e. The Morgan fingerprint density at radius 2 is 1.60 bits per heavy atom. The molecule has 0 spiro atoms. The van der Waals surface area contributed by atoms with Crippen LogP contribution >= 0.6 is 0 Å². The van der Waals surface area contributed by atoms with Gasteiger partial charge in [-0.05, 0) is 0 Å². The second kappa shape index (κ2) is 2.19. The van der Waals surface area contributed by atoms with Gasteiger partial charge in [0.2, 0.25) is 0 Å². The lowest BCUT2D eigenvalue weighted by atomic mass is 10.2. The van der Waals surface area contributed by atoms with Gasteiger partial charge in [-0.3, -0.25) is 9.38 Å². The fourth-order valence-electron chi connectivity index (χ4n) is 1.94. The van der Waals surface area contributed by atoms with Crippen molar-refractivity contribution in [3.05, 3.63) is 0 Å². The van der Waals surface area contributed by atoms with Gasteiger partial charge in [0.05, 0.1) is 19.6 Å². The number of fused-ring (bicyclic) bond motifs is 3. The lowest BCUT2D eigenvalue weighted by Gasteiger charge is -2.49. The predicted octanol–water partition coefficient (Wildman–Crippen LogP) is -0.918. The highest BCUT2D eigenvalue weighted by atomic mass is 16.3. The molecule has 3 rings (SSSR count). The molecule has 0 radical (unpaired) electrons. The summed E-state index contributed by atoms with van der Waals surface area (Å²) < 4.78 is 0.969. The van der Waals surface area contributed by atoms with E-state index in [-0.39, 0.29) is 0 Å². The summed E-state index contributed by atoms with van der Waals surface area (Å²) >= 11 is 0. The van der Waals surface area contributed by atoms with E-state index in [1.54, 1.807) is 0 Å². The van der Waals surface area contributed by atoms with E-state index < -0.39 is 0 Å². The first-order chi connectivity index (χ1) is 4.85. The summed E-state index contributed by atoms with van der Waals surface area (Å²) in [6.07, 6.45) is 0. The maximum Gasteiger partial charge on any atom is 0.180 e. The van der Waals surface area contributed by atoms with Gasteiger partial charge in [0, 0.05) is 19.6 Å². The number of quaternary nitrogens is 1. The topological polar surface area (TPSA) is 23.5 Å². The SMILES string of the molecule is OC[N+]12CCN(CC1)CC2. The number of hydrogen-bond acceptors (Lipinski definition) is 2. The van der Waals surface area contributed by atoms with Crippen molar-refractivity contribution < 1.29 is 9.59 Å². The minimum absolute atomic E-state index is 0.355. The van der Waals surface area contributed by atoms with Crippen LogP contribution in [0.5, 0.6) is 0 Å². The van der Waals surface area contributed by atoms with Crippen molar-refractivity contribution in [2.45, 2.75) is 0 Å². The quantitative estimate of drug-likeness (QED) is 0.480. The second-order valence-corrected chi connectivity index (χ2v) is 3.50. The lowest BCUT2D eigenvalue weighted by Crippen LogP contribution is -2.67. The van der Waals surface area contributed by atoms with Crippen LogP contribution in [-0.2, 0) is 0 Å². The third-order valence-electron chi connectivity index (χ3n) is 2.97. The molecule has 2 bridgehead atoms. The summed E-state index contributed by atoms with van der Waals surface area (Å²) in [5.74, 6) is 0. The van der Waals surface area contributed by atoms with Crippen molar-refractivity contribution >= 4 is 0 Å². The third-order valence-corrected chi connectivity index (χ3v) is 2.97. The molecule has 3 heterocycles. The van der Waals surface area contributed by atoms with Crippen molar-refractivity contribution in [3.63, 3.8) is 0 Å². The molecule has 0 amide bonds. The molecule has 3 nitrogen and oxygen atoms in total. The number of piperazine rings is 3. The summed E-state index contributed by atoms with van der Waals surface area (Å²) in [7, 11) is 0. The van der Waals surface area contributed by atoms with Crippen LogP contribution in [0.4, 0.5) is 0 Å². The van der Waals surface area contributed by atoms with E-state index in [2.05, 4.69) is 4.90 Å². The highest BCUT2D eigenvalue weighted by Crippen LogP contribution is 2.17.